The molecule has 21 heavy (non-hydrogen) atoms. The molecule has 0 aromatic heterocycles. The topological polar surface area (TPSA) is 9.23 Å². The van der Waals surface area contributed by atoms with Crippen molar-refractivity contribution in [3.63, 3.8) is 0 Å². The first-order valence-electron chi connectivity index (χ1n) is 7.64. The lowest BCUT2D eigenvalue weighted by Gasteiger charge is -2.32. The van der Waals surface area contributed by atoms with Crippen molar-refractivity contribution in [2.24, 2.45) is 0 Å². The molecule has 0 spiro atoms. The average Bonchev–Trinajstić information content (AvgIpc) is 2.57. The van der Waals surface area contributed by atoms with E-state index in [1.807, 2.05) is 0 Å². The molecular formula is C18H23IOSi. The van der Waals surface area contributed by atoms with Crippen molar-refractivity contribution < 1.29 is 4.43 Å². The third-order valence-corrected chi connectivity index (χ3v) is 8.52. The number of unbranched alkanes of at least 4 members (excludes halogenated alkanes) is 1. The molecule has 0 N–H and O–H groups in total. The molecule has 0 aliphatic carbocycles. The Morgan fingerprint density at radius 3 is 1.86 bits per heavy atom. The predicted octanol–water partition coefficient (Wildman–Crippen LogP) is 4.00. The molecule has 0 saturated carbocycles. The van der Waals surface area contributed by atoms with Crippen LogP contribution in [-0.2, 0) is 4.43 Å². The van der Waals surface area contributed by atoms with Crippen LogP contribution in [0.25, 0.3) is 0 Å². The molecule has 0 radical (unpaired) electrons. The summed E-state index contributed by atoms with van der Waals surface area (Å²) in [6.45, 7) is 3.09. The van der Waals surface area contributed by atoms with Gasteiger partial charge in [-0.15, -0.1) is 0 Å². The molecule has 1 nitrogen and oxygen atoms in total. The largest absolute Gasteiger partial charge is 0.407 e. The zero-order valence-corrected chi connectivity index (χ0v) is 15.8. The van der Waals surface area contributed by atoms with Gasteiger partial charge in [-0.2, -0.15) is 0 Å². The van der Waals surface area contributed by atoms with Crippen LogP contribution in [0.2, 0.25) is 6.04 Å². The van der Waals surface area contributed by atoms with Crippen molar-refractivity contribution >= 4 is 41.3 Å². The zero-order chi connectivity index (χ0) is 15.0. The van der Waals surface area contributed by atoms with Crippen LogP contribution in [0.3, 0.4) is 0 Å². The lowest BCUT2D eigenvalue weighted by molar-refractivity contribution is 0.343. The second-order valence-corrected chi connectivity index (χ2v) is 9.88. The van der Waals surface area contributed by atoms with E-state index in [9.17, 15) is 0 Å². The molecule has 0 heterocycles. The van der Waals surface area contributed by atoms with E-state index in [0.717, 1.165) is 17.1 Å². The van der Waals surface area contributed by atoms with Crippen molar-refractivity contribution in [1.29, 1.82) is 0 Å². The van der Waals surface area contributed by atoms with Gasteiger partial charge in [0.1, 0.15) is 0 Å². The van der Waals surface area contributed by atoms with Crippen LogP contribution >= 0.6 is 22.6 Å². The van der Waals surface area contributed by atoms with Gasteiger partial charge < -0.3 is 4.43 Å². The van der Waals surface area contributed by atoms with E-state index in [1.165, 1.54) is 23.2 Å². The minimum Gasteiger partial charge on any atom is -0.407 e. The second kappa shape index (κ2) is 8.71. The molecule has 0 saturated heterocycles. The van der Waals surface area contributed by atoms with Gasteiger partial charge in [0.15, 0.2) is 0 Å². The number of hydrogen-bond acceptors (Lipinski definition) is 1. The van der Waals surface area contributed by atoms with E-state index < -0.39 is 8.32 Å². The van der Waals surface area contributed by atoms with Crippen molar-refractivity contribution in [2.75, 3.05) is 11.0 Å². The summed E-state index contributed by atoms with van der Waals surface area (Å²) >= 11 is 2.40. The molecule has 112 valence electrons. The minimum atomic E-state index is -2.09. The summed E-state index contributed by atoms with van der Waals surface area (Å²) in [5.74, 6) is 0. The van der Waals surface area contributed by atoms with Crippen LogP contribution < -0.4 is 10.4 Å². The number of benzene rings is 2. The molecule has 2 aromatic rings. The number of halogens is 1. The Morgan fingerprint density at radius 1 is 0.905 bits per heavy atom. The van der Waals surface area contributed by atoms with Crippen molar-refractivity contribution in [2.45, 2.75) is 25.8 Å². The van der Waals surface area contributed by atoms with Crippen molar-refractivity contribution in [1.82, 2.24) is 0 Å². The van der Waals surface area contributed by atoms with Crippen molar-refractivity contribution in [3.8, 4) is 0 Å². The molecule has 0 bridgehead atoms. The fraction of sp³-hybridized carbons (Fsp3) is 0.333. The quantitative estimate of drug-likeness (QED) is 0.363. The van der Waals surface area contributed by atoms with Gasteiger partial charge in [-0.05, 0) is 16.4 Å². The first-order valence-corrected chi connectivity index (χ1v) is 11.3. The highest BCUT2D eigenvalue weighted by molar-refractivity contribution is 14.1. The first-order chi connectivity index (χ1) is 10.3. The first kappa shape index (κ1) is 16.7. The highest BCUT2D eigenvalue weighted by atomic mass is 127. The van der Waals surface area contributed by atoms with Gasteiger partial charge in [0.25, 0.3) is 8.32 Å². The summed E-state index contributed by atoms with van der Waals surface area (Å²) in [5, 5.41) is 2.80. The third kappa shape index (κ3) is 4.17. The van der Waals surface area contributed by atoms with Crippen LogP contribution in [0.5, 0.6) is 0 Å². The normalized spacial score (nSPS) is 11.5. The van der Waals surface area contributed by atoms with Gasteiger partial charge in [-0.1, -0.05) is 103 Å². The Kier molecular flexibility index (Phi) is 6.93. The minimum absolute atomic E-state index is 0.834. The highest BCUT2D eigenvalue weighted by Crippen LogP contribution is 2.17. The Balaban J connectivity index is 2.48. The molecule has 2 rings (SSSR count). The summed E-state index contributed by atoms with van der Waals surface area (Å²) in [6, 6.07) is 22.9. The van der Waals surface area contributed by atoms with Crippen LogP contribution in [0, 0.1) is 0 Å². The fourth-order valence-corrected chi connectivity index (χ4v) is 7.54. The molecule has 2 aromatic carbocycles. The summed E-state index contributed by atoms with van der Waals surface area (Å²) in [4.78, 5) is 0. The Bertz CT molecular complexity index is 466. The molecule has 0 fully saturated rings. The van der Waals surface area contributed by atoms with Gasteiger partial charge in [-0.3, -0.25) is 0 Å². The summed E-state index contributed by atoms with van der Waals surface area (Å²) in [6.07, 6.45) is 2.43. The SMILES string of the molecule is CCCC[Si](OCCI)(c1ccccc1)c1ccccc1. The van der Waals surface area contributed by atoms with Crippen LogP contribution in [0.4, 0.5) is 0 Å². The van der Waals surface area contributed by atoms with Crippen LogP contribution in [-0.4, -0.2) is 19.4 Å². The Labute approximate surface area is 143 Å². The van der Waals surface area contributed by atoms with Gasteiger partial charge >= 0.3 is 0 Å². The van der Waals surface area contributed by atoms with Gasteiger partial charge in [0.05, 0.1) is 0 Å². The maximum Gasteiger partial charge on any atom is 0.255 e. The number of rotatable bonds is 8. The molecule has 0 aliphatic heterocycles. The van der Waals surface area contributed by atoms with E-state index in [2.05, 4.69) is 90.2 Å². The summed E-state index contributed by atoms with van der Waals surface area (Å²) in [5.41, 5.74) is 0. The van der Waals surface area contributed by atoms with E-state index in [1.54, 1.807) is 0 Å². The van der Waals surface area contributed by atoms with Gasteiger partial charge in [0.2, 0.25) is 0 Å². The van der Waals surface area contributed by atoms with E-state index >= 15 is 0 Å². The summed E-state index contributed by atoms with van der Waals surface area (Å²) < 4.78 is 7.62. The van der Waals surface area contributed by atoms with E-state index in [4.69, 9.17) is 4.43 Å². The predicted molar refractivity (Wildman–Crippen MR) is 102 cm³/mol. The molecule has 0 atom stereocenters. The highest BCUT2D eigenvalue weighted by Gasteiger charge is 2.38. The molecule has 0 aliphatic rings. The van der Waals surface area contributed by atoms with E-state index in [0.29, 0.717) is 0 Å². The van der Waals surface area contributed by atoms with Crippen molar-refractivity contribution in [3.05, 3.63) is 60.7 Å². The maximum absolute atomic E-state index is 6.58. The van der Waals surface area contributed by atoms with Gasteiger partial charge in [0, 0.05) is 11.0 Å². The molecule has 3 heteroatoms. The molecule has 0 amide bonds. The van der Waals surface area contributed by atoms with Crippen LogP contribution in [0.15, 0.2) is 60.7 Å². The Morgan fingerprint density at radius 2 is 1.43 bits per heavy atom. The molecule has 0 unspecified atom stereocenters. The standard InChI is InChI=1S/C18H23IOSi/c1-2-3-16-21(20-15-14-19,17-10-6-4-7-11-17)18-12-8-5-9-13-18/h4-13H,2-3,14-16H2,1H3. The summed E-state index contributed by atoms with van der Waals surface area (Å²) in [7, 11) is -2.09. The van der Waals surface area contributed by atoms with Crippen LogP contribution in [0.1, 0.15) is 19.8 Å². The monoisotopic (exact) mass is 410 g/mol. The lowest BCUT2D eigenvalue weighted by Crippen LogP contribution is -2.61. The maximum atomic E-state index is 6.58. The second-order valence-electron chi connectivity index (χ2n) is 5.20. The number of hydrogen-bond donors (Lipinski definition) is 0. The smallest absolute Gasteiger partial charge is 0.255 e. The number of alkyl halides is 1. The van der Waals surface area contributed by atoms with Gasteiger partial charge in [-0.25, -0.2) is 0 Å². The lowest BCUT2D eigenvalue weighted by atomic mass is 10.4. The molecular weight excluding hydrogens is 387 g/mol. The zero-order valence-electron chi connectivity index (χ0n) is 12.6. The average molecular weight is 410 g/mol. The third-order valence-electron chi connectivity index (χ3n) is 3.79. The fourth-order valence-electron chi connectivity index (χ4n) is 2.75. The Hall–Kier alpha value is -0.653. The van der Waals surface area contributed by atoms with E-state index in [-0.39, 0.29) is 0 Å².